The highest BCUT2D eigenvalue weighted by Crippen LogP contribution is 2.70. The summed E-state index contributed by atoms with van der Waals surface area (Å²) in [6, 6.07) is 0. The summed E-state index contributed by atoms with van der Waals surface area (Å²) in [6.07, 6.45) is -7.65. The van der Waals surface area contributed by atoms with Crippen molar-refractivity contribution in [1.82, 2.24) is 0 Å². The van der Waals surface area contributed by atoms with Crippen LogP contribution in [-0.2, 0) is 66.4 Å². The summed E-state index contributed by atoms with van der Waals surface area (Å²) >= 11 is 0. The number of esters is 1. The lowest BCUT2D eigenvalue weighted by Gasteiger charge is -2.66. The topological polar surface area (TPSA) is 266 Å². The molecule has 20 nitrogen and oxygen atoms in total. The second-order valence-corrected chi connectivity index (χ2v) is 23.7. The van der Waals surface area contributed by atoms with Crippen LogP contribution >= 0.6 is 0 Å². The molecule has 4 aliphatic carbocycles. The van der Waals surface area contributed by atoms with E-state index in [0.717, 1.165) is 11.1 Å². The zero-order valence-corrected chi connectivity index (χ0v) is 46.0. The average Bonchev–Trinajstić information content (AvgIpc) is 3.67. The molecule has 0 aromatic heterocycles. The molecule has 6 N–H and O–H groups in total. The maximum absolute atomic E-state index is 13.5. The molecule has 0 aromatic carbocycles. The highest BCUT2D eigenvalue weighted by atomic mass is 16.8. The number of hydrogen-bond donors (Lipinski definition) is 6. The molecule has 4 saturated heterocycles. The van der Waals surface area contributed by atoms with Gasteiger partial charge in [0.2, 0.25) is 0 Å². The van der Waals surface area contributed by atoms with Crippen molar-refractivity contribution in [2.24, 2.45) is 28.6 Å². The van der Waals surface area contributed by atoms with Crippen molar-refractivity contribution in [1.29, 1.82) is 0 Å². The van der Waals surface area contributed by atoms with Crippen LogP contribution in [0.3, 0.4) is 0 Å². The van der Waals surface area contributed by atoms with E-state index in [-0.39, 0.29) is 37.1 Å². The van der Waals surface area contributed by atoms with E-state index in [2.05, 4.69) is 13.0 Å². The van der Waals surface area contributed by atoms with Gasteiger partial charge in [0.15, 0.2) is 25.2 Å². The van der Waals surface area contributed by atoms with Crippen molar-refractivity contribution in [3.8, 4) is 0 Å². The van der Waals surface area contributed by atoms with E-state index in [1.807, 2.05) is 41.5 Å². The Balaban J connectivity index is 0.871. The Kier molecular flexibility index (Phi) is 18.3. The SMILES string of the molecule is CO[C@H]1C[C@H](O[C@H]2CC[C@@]3(C)C(=CC[C@]4(O)[C@@H]3C[C@@H](OC(=O)/C=C(\C)C(C)C)[C@]3(C)[C@H](C(C)=O)CC[C@@]34O)C2)O[C@H](C)[C@H]1O[C@H]1C[C@H](OC)[C@H](O[C@H]2C[C@@H](OC)[C@H](O[C@@H]3O[C@H](CO)[C@@H](O)[C@H](O)[C@H]3O)[C@@H](C)O2)[C@@H](C)O1. The van der Waals surface area contributed by atoms with E-state index in [0.29, 0.717) is 44.9 Å². The molecule has 3 saturated carbocycles. The van der Waals surface area contributed by atoms with Gasteiger partial charge in [-0.1, -0.05) is 44.9 Å². The van der Waals surface area contributed by atoms with Crippen LogP contribution in [0.1, 0.15) is 127 Å². The Morgan fingerprint density at radius 1 is 0.733 bits per heavy atom. The first-order chi connectivity index (χ1) is 35.4. The van der Waals surface area contributed by atoms with Gasteiger partial charge < -0.3 is 87.5 Å². The maximum Gasteiger partial charge on any atom is 0.330 e. The molecule has 428 valence electrons. The number of rotatable bonds is 16. The lowest BCUT2D eigenvalue weighted by molar-refractivity contribution is -0.357. The van der Waals surface area contributed by atoms with Crippen molar-refractivity contribution < 1.29 is 97.1 Å². The average molecular weight is 1070 g/mol. The molecular weight excluding hydrogens is 981 g/mol. The van der Waals surface area contributed by atoms with Gasteiger partial charge in [-0.05, 0) is 90.9 Å². The van der Waals surface area contributed by atoms with Crippen LogP contribution in [0, 0.1) is 28.6 Å². The molecule has 8 aliphatic rings. The molecule has 25 atom stereocenters. The van der Waals surface area contributed by atoms with Crippen molar-refractivity contribution in [2.45, 2.75) is 254 Å². The van der Waals surface area contributed by atoms with Crippen molar-refractivity contribution in [3.63, 3.8) is 0 Å². The Morgan fingerprint density at radius 2 is 1.27 bits per heavy atom. The minimum atomic E-state index is -1.68. The zero-order valence-electron chi connectivity index (χ0n) is 46.0. The number of hydrogen-bond acceptors (Lipinski definition) is 20. The highest BCUT2D eigenvalue weighted by molar-refractivity contribution is 5.83. The van der Waals surface area contributed by atoms with Crippen LogP contribution in [0.25, 0.3) is 0 Å². The van der Waals surface area contributed by atoms with Crippen LogP contribution < -0.4 is 0 Å². The summed E-state index contributed by atoms with van der Waals surface area (Å²) < 4.78 is 75.0. The molecule has 0 unspecified atom stereocenters. The largest absolute Gasteiger partial charge is 0.458 e. The molecule has 4 aliphatic heterocycles. The number of aliphatic hydroxyl groups excluding tert-OH is 4. The summed E-state index contributed by atoms with van der Waals surface area (Å²) in [5.41, 5.74) is -2.96. The second-order valence-electron chi connectivity index (χ2n) is 23.7. The molecule has 0 amide bonds. The first-order valence-electron chi connectivity index (χ1n) is 27.4. The van der Waals surface area contributed by atoms with E-state index < -0.39 is 157 Å². The number of carbonyl (C=O) groups excluding carboxylic acids is 2. The Morgan fingerprint density at radius 3 is 1.77 bits per heavy atom. The van der Waals surface area contributed by atoms with Gasteiger partial charge in [-0.3, -0.25) is 4.79 Å². The Bertz CT molecular complexity index is 2050. The van der Waals surface area contributed by atoms with Crippen molar-refractivity contribution in [2.75, 3.05) is 27.9 Å². The van der Waals surface area contributed by atoms with Gasteiger partial charge in [-0.2, -0.15) is 0 Å². The fourth-order valence-electron chi connectivity index (χ4n) is 14.5. The quantitative estimate of drug-likeness (QED) is 0.0736. The van der Waals surface area contributed by atoms with Crippen LogP contribution in [0.2, 0.25) is 0 Å². The third kappa shape index (κ3) is 10.9. The molecule has 0 radical (unpaired) electrons. The van der Waals surface area contributed by atoms with Crippen LogP contribution in [0.15, 0.2) is 23.3 Å². The predicted molar refractivity (Wildman–Crippen MR) is 265 cm³/mol. The Hall–Kier alpha value is -2.06. The monoisotopic (exact) mass is 1070 g/mol. The minimum Gasteiger partial charge on any atom is -0.458 e. The number of ketones is 1. The molecule has 0 aromatic rings. The normalized spacial score (nSPS) is 49.3. The van der Waals surface area contributed by atoms with Gasteiger partial charge in [0.05, 0.1) is 49.3 Å². The van der Waals surface area contributed by atoms with Crippen LogP contribution in [-0.4, -0.2) is 198 Å². The number of carbonyl (C=O) groups is 2. The van der Waals surface area contributed by atoms with E-state index in [1.54, 1.807) is 21.1 Å². The van der Waals surface area contributed by atoms with Gasteiger partial charge in [0.25, 0.3) is 0 Å². The number of ether oxygens (including phenoxy) is 12. The fraction of sp³-hybridized carbons (Fsp3) is 0.891. The molecule has 0 bridgehead atoms. The summed E-state index contributed by atoms with van der Waals surface area (Å²) in [5, 5.41) is 66.7. The van der Waals surface area contributed by atoms with Gasteiger partial charge in [0, 0.05) is 63.9 Å². The summed E-state index contributed by atoms with van der Waals surface area (Å²) in [4.78, 5) is 26.8. The van der Waals surface area contributed by atoms with Gasteiger partial charge in [-0.25, -0.2) is 4.79 Å². The standard InChI is InChI=1S/C55H88O20/c1-26(2)27(3)19-41(58)72-40-24-39-52(8)16-14-33(20-32(52)13-17-54(39,62)55(63)18-15-34(28(4)57)53(40,55)9)70-42-21-35(64-10)48(29(5)67-42)73-43-22-36(65-11)49(30(6)68-43)74-44-23-37(66-12)50(31(7)69-44)75-51-47(61)46(60)45(59)38(25-56)71-51/h13,19,26,29-31,33-40,42-51,56,59-63H,14-18,20-25H2,1-12H3/b27-19+/t29-,30-,31-,33+,34+,35+,36+,37-,38-,39-,40-,42+,43+,44+,45-,46+,47-,48-,49-,50-,51+,52+,53+,54+,55-/m1/s1. The lowest BCUT2D eigenvalue weighted by Crippen LogP contribution is -2.75. The number of allylic oxidation sites excluding steroid dienone is 1. The maximum atomic E-state index is 13.5. The first-order valence-corrected chi connectivity index (χ1v) is 27.4. The minimum absolute atomic E-state index is 0.0851. The van der Waals surface area contributed by atoms with E-state index in [4.69, 9.17) is 56.8 Å². The van der Waals surface area contributed by atoms with Gasteiger partial charge in [-0.15, -0.1) is 0 Å². The van der Waals surface area contributed by atoms with Crippen molar-refractivity contribution in [3.05, 3.63) is 23.3 Å². The number of fused-ring (bicyclic) bond motifs is 5. The van der Waals surface area contributed by atoms with Crippen LogP contribution in [0.5, 0.6) is 0 Å². The van der Waals surface area contributed by atoms with Gasteiger partial charge in [0.1, 0.15) is 65.8 Å². The predicted octanol–water partition coefficient (Wildman–Crippen LogP) is 3.30. The number of aliphatic hydroxyl groups is 6. The highest BCUT2D eigenvalue weighted by Gasteiger charge is 2.77. The molecule has 7 fully saturated rings. The molecular formula is C55H88O20. The molecule has 75 heavy (non-hydrogen) atoms. The fourth-order valence-corrected chi connectivity index (χ4v) is 14.5. The lowest BCUT2D eigenvalue weighted by atomic mass is 9.43. The molecule has 0 spiro atoms. The van der Waals surface area contributed by atoms with Crippen LogP contribution in [0.4, 0.5) is 0 Å². The molecule has 20 heteroatoms. The first kappa shape index (κ1) is 59.1. The number of Topliss-reactive ketones (excluding diaryl/α,β-unsaturated/α-hetero) is 1. The van der Waals surface area contributed by atoms with Gasteiger partial charge >= 0.3 is 5.97 Å². The van der Waals surface area contributed by atoms with Crippen molar-refractivity contribution >= 4 is 11.8 Å². The summed E-state index contributed by atoms with van der Waals surface area (Å²) in [5.74, 6) is -1.48. The van der Waals surface area contributed by atoms with E-state index in [9.17, 15) is 40.2 Å². The third-order valence-corrected chi connectivity index (χ3v) is 19.3. The smallest absolute Gasteiger partial charge is 0.330 e. The second kappa shape index (κ2) is 23.2. The molecule has 4 heterocycles. The van der Waals surface area contributed by atoms with E-state index >= 15 is 0 Å². The summed E-state index contributed by atoms with van der Waals surface area (Å²) in [7, 11) is 4.75. The number of methoxy groups -OCH3 is 3. The third-order valence-electron chi connectivity index (χ3n) is 19.3. The molecule has 8 rings (SSSR count). The summed E-state index contributed by atoms with van der Waals surface area (Å²) in [6.45, 7) is 16.4. The Labute approximate surface area is 441 Å². The zero-order chi connectivity index (χ0) is 54.7. The van der Waals surface area contributed by atoms with E-state index in [1.165, 1.54) is 20.1 Å².